The van der Waals surface area contributed by atoms with Gasteiger partial charge in [-0.15, -0.1) is 0 Å². The molecule has 1 N–H and O–H groups in total. The molecule has 5 heteroatoms. The normalized spacial score (nSPS) is 19.2. The molecule has 1 amide bonds. The molecule has 1 aromatic carbocycles. The number of nitrogens with zero attached hydrogens (tertiary/aromatic N) is 1. The lowest BCUT2D eigenvalue weighted by molar-refractivity contribution is -0.134. The van der Waals surface area contributed by atoms with Gasteiger partial charge in [-0.1, -0.05) is 12.1 Å². The molecule has 0 atom stereocenters. The maximum atomic E-state index is 13.4. The molecule has 2 fully saturated rings. The first-order valence-corrected chi connectivity index (χ1v) is 8.11. The molecular formula is C17H23FN2O2. The van der Waals surface area contributed by atoms with Crippen LogP contribution in [0.2, 0.25) is 0 Å². The summed E-state index contributed by atoms with van der Waals surface area (Å²) in [5, 5.41) is 3.59. The minimum Gasteiger partial charge on any atom is -0.481 e. The summed E-state index contributed by atoms with van der Waals surface area (Å²) < 4.78 is 18.7. The van der Waals surface area contributed by atoms with Crippen LogP contribution in [-0.4, -0.2) is 43.1 Å². The van der Waals surface area contributed by atoms with Crippen LogP contribution in [0, 0.1) is 11.7 Å². The van der Waals surface area contributed by atoms with Crippen LogP contribution in [0.5, 0.6) is 5.75 Å². The third kappa shape index (κ3) is 4.19. The molecule has 1 heterocycles. The summed E-state index contributed by atoms with van der Waals surface area (Å²) in [4.78, 5) is 13.9. The Kier molecular flexibility index (Phi) is 4.93. The van der Waals surface area contributed by atoms with Gasteiger partial charge in [-0.05, 0) is 50.3 Å². The van der Waals surface area contributed by atoms with E-state index in [-0.39, 0.29) is 18.3 Å². The first-order valence-electron chi connectivity index (χ1n) is 8.11. The van der Waals surface area contributed by atoms with Crippen LogP contribution in [0.15, 0.2) is 24.3 Å². The minimum atomic E-state index is -0.432. The van der Waals surface area contributed by atoms with Crippen molar-refractivity contribution < 1.29 is 13.9 Å². The number of amides is 1. The van der Waals surface area contributed by atoms with Crippen molar-refractivity contribution in [2.24, 2.45) is 5.92 Å². The monoisotopic (exact) mass is 306 g/mol. The standard InChI is InChI=1S/C17H23FN2O2/c18-15-3-1-2-4-16(15)22-12-17(21)20-9-7-14(8-10-20)19-11-13-5-6-13/h1-4,13-14,19H,5-12H2. The maximum absolute atomic E-state index is 13.4. The summed E-state index contributed by atoms with van der Waals surface area (Å²) in [6.45, 7) is 2.53. The van der Waals surface area contributed by atoms with Crippen molar-refractivity contribution in [1.82, 2.24) is 10.2 Å². The van der Waals surface area contributed by atoms with E-state index in [2.05, 4.69) is 5.32 Å². The van der Waals surface area contributed by atoms with Crippen LogP contribution in [0.1, 0.15) is 25.7 Å². The molecule has 0 unspecified atom stereocenters. The van der Waals surface area contributed by atoms with Gasteiger partial charge in [0.05, 0.1) is 0 Å². The number of nitrogens with one attached hydrogen (secondary N) is 1. The summed E-state index contributed by atoms with van der Waals surface area (Å²) in [6.07, 6.45) is 4.69. The van der Waals surface area contributed by atoms with Crippen LogP contribution in [-0.2, 0) is 4.79 Å². The van der Waals surface area contributed by atoms with Gasteiger partial charge in [-0.2, -0.15) is 0 Å². The van der Waals surface area contributed by atoms with Crippen molar-refractivity contribution in [2.75, 3.05) is 26.2 Å². The highest BCUT2D eigenvalue weighted by molar-refractivity contribution is 5.77. The van der Waals surface area contributed by atoms with Crippen molar-refractivity contribution in [1.29, 1.82) is 0 Å². The van der Waals surface area contributed by atoms with E-state index < -0.39 is 5.82 Å². The molecular weight excluding hydrogens is 283 g/mol. The Balaban J connectivity index is 1.39. The fraction of sp³-hybridized carbons (Fsp3) is 0.588. The van der Waals surface area contributed by atoms with Crippen molar-refractivity contribution >= 4 is 5.91 Å². The van der Waals surface area contributed by atoms with Gasteiger partial charge >= 0.3 is 0 Å². The zero-order chi connectivity index (χ0) is 15.4. The second-order valence-corrected chi connectivity index (χ2v) is 6.23. The number of rotatable bonds is 6. The molecule has 1 aliphatic heterocycles. The van der Waals surface area contributed by atoms with E-state index in [1.165, 1.54) is 25.0 Å². The Morgan fingerprint density at radius 3 is 2.64 bits per heavy atom. The van der Waals surface area contributed by atoms with Crippen molar-refractivity contribution in [3.8, 4) is 5.75 Å². The van der Waals surface area contributed by atoms with E-state index in [1.54, 1.807) is 12.1 Å². The predicted octanol–water partition coefficient (Wildman–Crippen LogP) is 2.20. The van der Waals surface area contributed by atoms with Crippen LogP contribution in [0.4, 0.5) is 4.39 Å². The molecule has 1 aromatic rings. The molecule has 0 aromatic heterocycles. The largest absolute Gasteiger partial charge is 0.481 e. The van der Waals surface area contributed by atoms with E-state index in [4.69, 9.17) is 4.74 Å². The fourth-order valence-electron chi connectivity index (χ4n) is 2.78. The molecule has 120 valence electrons. The summed E-state index contributed by atoms with van der Waals surface area (Å²) in [5.74, 6) is 0.521. The number of carbonyl (C=O) groups excluding carboxylic acids is 1. The van der Waals surface area contributed by atoms with E-state index >= 15 is 0 Å². The Labute approximate surface area is 130 Å². The zero-order valence-electron chi connectivity index (χ0n) is 12.8. The first kappa shape index (κ1) is 15.3. The van der Waals surface area contributed by atoms with Crippen molar-refractivity contribution in [3.63, 3.8) is 0 Å². The van der Waals surface area contributed by atoms with E-state index in [0.29, 0.717) is 6.04 Å². The van der Waals surface area contributed by atoms with E-state index in [1.807, 2.05) is 4.90 Å². The number of piperidine rings is 1. The molecule has 22 heavy (non-hydrogen) atoms. The number of carbonyl (C=O) groups is 1. The van der Waals surface area contributed by atoms with E-state index in [9.17, 15) is 9.18 Å². The number of benzene rings is 1. The zero-order valence-corrected chi connectivity index (χ0v) is 12.8. The van der Waals surface area contributed by atoms with Crippen LogP contribution < -0.4 is 10.1 Å². The van der Waals surface area contributed by atoms with Gasteiger partial charge in [-0.3, -0.25) is 4.79 Å². The van der Waals surface area contributed by atoms with Gasteiger partial charge in [0.1, 0.15) is 0 Å². The smallest absolute Gasteiger partial charge is 0.260 e. The van der Waals surface area contributed by atoms with Gasteiger partial charge in [0.2, 0.25) is 0 Å². The third-order valence-corrected chi connectivity index (χ3v) is 4.43. The number of hydrogen-bond acceptors (Lipinski definition) is 3. The van der Waals surface area contributed by atoms with Crippen LogP contribution in [0.25, 0.3) is 0 Å². The number of likely N-dealkylation sites (tertiary alicyclic amines) is 1. The van der Waals surface area contributed by atoms with Gasteiger partial charge < -0.3 is 15.0 Å². The number of para-hydroxylation sites is 1. The quantitative estimate of drug-likeness (QED) is 0.876. The SMILES string of the molecule is O=C(COc1ccccc1F)N1CCC(NCC2CC2)CC1. The average Bonchev–Trinajstić information content (AvgIpc) is 3.37. The first-order chi connectivity index (χ1) is 10.7. The van der Waals surface area contributed by atoms with Crippen LogP contribution in [0.3, 0.4) is 0 Å². The van der Waals surface area contributed by atoms with Gasteiger partial charge in [0, 0.05) is 19.1 Å². The predicted molar refractivity (Wildman–Crippen MR) is 82.2 cm³/mol. The summed E-state index contributed by atoms with van der Waals surface area (Å²) in [6, 6.07) is 6.69. The lowest BCUT2D eigenvalue weighted by atomic mass is 10.0. The van der Waals surface area contributed by atoms with Crippen molar-refractivity contribution in [3.05, 3.63) is 30.1 Å². The Morgan fingerprint density at radius 2 is 1.95 bits per heavy atom. The Bertz CT molecular complexity index is 511. The fourth-order valence-corrected chi connectivity index (χ4v) is 2.78. The van der Waals surface area contributed by atoms with Gasteiger partial charge in [-0.25, -0.2) is 4.39 Å². The lowest BCUT2D eigenvalue weighted by Crippen LogP contribution is -2.46. The molecule has 0 radical (unpaired) electrons. The number of hydrogen-bond donors (Lipinski definition) is 1. The second kappa shape index (κ2) is 7.09. The average molecular weight is 306 g/mol. The Morgan fingerprint density at radius 1 is 1.23 bits per heavy atom. The molecule has 3 rings (SSSR count). The summed E-state index contributed by atoms with van der Waals surface area (Å²) in [5.41, 5.74) is 0. The van der Waals surface area contributed by atoms with Gasteiger partial charge in [0.25, 0.3) is 5.91 Å². The highest BCUT2D eigenvalue weighted by atomic mass is 19.1. The number of halogens is 1. The number of ether oxygens (including phenoxy) is 1. The highest BCUT2D eigenvalue weighted by Crippen LogP contribution is 2.28. The van der Waals surface area contributed by atoms with Gasteiger partial charge in [0.15, 0.2) is 18.2 Å². The second-order valence-electron chi connectivity index (χ2n) is 6.23. The summed E-state index contributed by atoms with van der Waals surface area (Å²) in [7, 11) is 0. The molecule has 0 bridgehead atoms. The third-order valence-electron chi connectivity index (χ3n) is 4.43. The Hall–Kier alpha value is -1.62. The highest BCUT2D eigenvalue weighted by Gasteiger charge is 2.26. The molecule has 1 saturated carbocycles. The minimum absolute atomic E-state index is 0.0658. The lowest BCUT2D eigenvalue weighted by Gasteiger charge is -2.32. The molecule has 1 aliphatic carbocycles. The van der Waals surface area contributed by atoms with Crippen LogP contribution >= 0.6 is 0 Å². The molecule has 0 spiro atoms. The molecule has 1 saturated heterocycles. The molecule has 4 nitrogen and oxygen atoms in total. The van der Waals surface area contributed by atoms with Crippen molar-refractivity contribution in [2.45, 2.75) is 31.7 Å². The van der Waals surface area contributed by atoms with E-state index in [0.717, 1.165) is 38.4 Å². The maximum Gasteiger partial charge on any atom is 0.260 e. The molecule has 2 aliphatic rings. The topological polar surface area (TPSA) is 41.6 Å². The summed E-state index contributed by atoms with van der Waals surface area (Å²) >= 11 is 0.